The van der Waals surface area contributed by atoms with E-state index in [1.807, 2.05) is 4.57 Å². The van der Waals surface area contributed by atoms with Crippen LogP contribution in [0.15, 0.2) is 35.4 Å². The number of rotatable bonds is 7. The van der Waals surface area contributed by atoms with Gasteiger partial charge in [-0.05, 0) is 51.3 Å². The molecule has 12 heteroatoms. The van der Waals surface area contributed by atoms with E-state index in [0.717, 1.165) is 31.5 Å². The Morgan fingerprint density at radius 1 is 1.31 bits per heavy atom. The molecule has 35 heavy (non-hydrogen) atoms. The molecule has 4 rings (SSSR count). The number of fused-ring (bicyclic) bond motifs is 1. The fourth-order valence-electron chi connectivity index (χ4n) is 4.01. The highest BCUT2D eigenvalue weighted by Crippen LogP contribution is 2.43. The zero-order chi connectivity index (χ0) is 25.5. The third-order valence-electron chi connectivity index (χ3n) is 6.02. The predicted molar refractivity (Wildman–Crippen MR) is 120 cm³/mol. The number of pyridine rings is 1. The summed E-state index contributed by atoms with van der Waals surface area (Å²) in [7, 11) is -4.49. The SMILES string of the molecule is CCOc1cc2c(cc1F)c(C#N)c(-c1ccc(S(=O)(=O)NC(C)C(F)(F)F)cn1)n2C1CCC1. The van der Waals surface area contributed by atoms with Crippen molar-refractivity contribution >= 4 is 20.9 Å². The van der Waals surface area contributed by atoms with Gasteiger partial charge in [-0.25, -0.2) is 12.8 Å². The summed E-state index contributed by atoms with van der Waals surface area (Å²) in [6, 6.07) is 5.07. The lowest BCUT2D eigenvalue weighted by Gasteiger charge is -2.30. The standard InChI is InChI=1S/C23H22F4N4O3S/c1-3-34-21-10-20-16(9-18(21)24)17(11-28)22(31(20)14-5-4-6-14)19-8-7-15(12-29-19)35(32,33)30-13(2)23(25,26)27/h7-10,12-14,30H,3-6H2,1-2H3. The normalized spacial score (nSPS) is 15.6. The molecule has 1 fully saturated rings. The van der Waals surface area contributed by atoms with Gasteiger partial charge in [0, 0.05) is 23.7 Å². The molecule has 186 valence electrons. The van der Waals surface area contributed by atoms with Crippen molar-refractivity contribution in [3.63, 3.8) is 0 Å². The molecule has 0 amide bonds. The van der Waals surface area contributed by atoms with Gasteiger partial charge in [0.1, 0.15) is 17.0 Å². The molecule has 0 aliphatic heterocycles. The van der Waals surface area contributed by atoms with Gasteiger partial charge in [-0.15, -0.1) is 0 Å². The van der Waals surface area contributed by atoms with Crippen LogP contribution in [0.3, 0.4) is 0 Å². The van der Waals surface area contributed by atoms with E-state index in [0.29, 0.717) is 23.5 Å². The van der Waals surface area contributed by atoms with E-state index < -0.39 is 33.0 Å². The van der Waals surface area contributed by atoms with Crippen LogP contribution in [0.5, 0.6) is 5.75 Å². The largest absolute Gasteiger partial charge is 0.491 e. The highest BCUT2D eigenvalue weighted by atomic mass is 32.2. The smallest absolute Gasteiger partial charge is 0.404 e. The first-order chi connectivity index (χ1) is 16.5. The summed E-state index contributed by atoms with van der Waals surface area (Å²) in [4.78, 5) is 3.72. The van der Waals surface area contributed by atoms with Crippen LogP contribution in [0.1, 0.15) is 44.7 Å². The zero-order valence-corrected chi connectivity index (χ0v) is 19.7. The van der Waals surface area contributed by atoms with Crippen LogP contribution in [0, 0.1) is 17.1 Å². The second-order valence-corrected chi connectivity index (χ2v) is 10.0. The number of ether oxygens (including phenoxy) is 1. The summed E-state index contributed by atoms with van der Waals surface area (Å²) in [6.45, 7) is 2.68. The number of aromatic nitrogens is 2. The summed E-state index contributed by atoms with van der Waals surface area (Å²) in [5.41, 5.74) is 1.39. The first kappa shape index (κ1) is 24.9. The average molecular weight is 511 g/mol. The Labute approximate surface area is 199 Å². The van der Waals surface area contributed by atoms with E-state index in [4.69, 9.17) is 4.74 Å². The Kier molecular flexibility index (Phi) is 6.50. The van der Waals surface area contributed by atoms with Gasteiger partial charge >= 0.3 is 6.18 Å². The predicted octanol–water partition coefficient (Wildman–Crippen LogP) is 5.07. The second kappa shape index (κ2) is 9.13. The molecule has 1 unspecified atom stereocenters. The molecule has 7 nitrogen and oxygen atoms in total. The minimum Gasteiger partial charge on any atom is -0.491 e. The van der Waals surface area contributed by atoms with Crippen LogP contribution in [-0.4, -0.2) is 36.8 Å². The number of alkyl halides is 3. The van der Waals surface area contributed by atoms with E-state index in [1.165, 1.54) is 18.2 Å². The van der Waals surface area contributed by atoms with Crippen LogP contribution in [0.2, 0.25) is 0 Å². The quantitative estimate of drug-likeness (QED) is 0.448. The summed E-state index contributed by atoms with van der Waals surface area (Å²) in [6.07, 6.45) is -1.18. The number of nitrogens with zero attached hydrogens (tertiary/aromatic N) is 3. The number of sulfonamides is 1. The van der Waals surface area contributed by atoms with Gasteiger partial charge in [-0.3, -0.25) is 4.98 Å². The fourth-order valence-corrected chi connectivity index (χ4v) is 5.19. The highest BCUT2D eigenvalue weighted by molar-refractivity contribution is 7.89. The summed E-state index contributed by atoms with van der Waals surface area (Å²) < 4.78 is 86.7. The van der Waals surface area contributed by atoms with Gasteiger partial charge in [0.25, 0.3) is 0 Å². The Hall–Kier alpha value is -3.17. The molecule has 0 saturated heterocycles. The number of nitrogens with one attached hydrogen (secondary N) is 1. The number of nitriles is 1. The first-order valence-corrected chi connectivity index (χ1v) is 12.4. The van der Waals surface area contributed by atoms with Crippen molar-refractivity contribution in [2.75, 3.05) is 6.61 Å². The summed E-state index contributed by atoms with van der Waals surface area (Å²) in [5.74, 6) is -0.569. The maximum Gasteiger partial charge on any atom is 0.404 e. The maximum atomic E-state index is 14.6. The Balaban J connectivity index is 1.83. The van der Waals surface area contributed by atoms with Gasteiger partial charge in [-0.1, -0.05) is 0 Å². The van der Waals surface area contributed by atoms with Gasteiger partial charge in [0.2, 0.25) is 10.0 Å². The third-order valence-corrected chi connectivity index (χ3v) is 7.55. The number of hydrogen-bond acceptors (Lipinski definition) is 5. The Morgan fingerprint density at radius 2 is 2.03 bits per heavy atom. The molecule has 3 aromatic rings. The molecule has 0 bridgehead atoms. The molecular formula is C23H22F4N4O3S. The van der Waals surface area contributed by atoms with Crippen molar-refractivity contribution in [2.24, 2.45) is 0 Å². The average Bonchev–Trinajstić information content (AvgIpc) is 3.05. The summed E-state index contributed by atoms with van der Waals surface area (Å²) >= 11 is 0. The molecule has 1 N–H and O–H groups in total. The summed E-state index contributed by atoms with van der Waals surface area (Å²) in [5, 5.41) is 10.3. The van der Waals surface area contributed by atoms with E-state index in [1.54, 1.807) is 11.6 Å². The van der Waals surface area contributed by atoms with Crippen molar-refractivity contribution in [1.29, 1.82) is 5.26 Å². The number of hydrogen-bond donors (Lipinski definition) is 1. The van der Waals surface area contributed by atoms with E-state index in [9.17, 15) is 31.2 Å². The van der Waals surface area contributed by atoms with Crippen LogP contribution < -0.4 is 9.46 Å². The van der Waals surface area contributed by atoms with E-state index in [2.05, 4.69) is 11.1 Å². The van der Waals surface area contributed by atoms with E-state index >= 15 is 0 Å². The lowest BCUT2D eigenvalue weighted by atomic mass is 9.92. The van der Waals surface area contributed by atoms with Crippen LogP contribution in [-0.2, 0) is 10.0 Å². The Bertz CT molecular complexity index is 1410. The highest BCUT2D eigenvalue weighted by Gasteiger charge is 2.39. The zero-order valence-electron chi connectivity index (χ0n) is 18.9. The lowest BCUT2D eigenvalue weighted by molar-refractivity contribution is -0.147. The Morgan fingerprint density at radius 3 is 2.54 bits per heavy atom. The second-order valence-electron chi connectivity index (χ2n) is 8.29. The van der Waals surface area contributed by atoms with Gasteiger partial charge in [0.15, 0.2) is 11.6 Å². The van der Waals surface area contributed by atoms with Crippen molar-refractivity contribution in [1.82, 2.24) is 14.3 Å². The molecule has 1 saturated carbocycles. The van der Waals surface area contributed by atoms with Crippen molar-refractivity contribution in [3.8, 4) is 23.2 Å². The maximum absolute atomic E-state index is 14.6. The van der Waals surface area contributed by atoms with Crippen molar-refractivity contribution < 1.29 is 30.7 Å². The van der Waals surface area contributed by atoms with Crippen LogP contribution in [0.4, 0.5) is 17.6 Å². The third kappa shape index (κ3) is 4.58. The molecule has 0 spiro atoms. The van der Waals surface area contributed by atoms with Crippen LogP contribution >= 0.6 is 0 Å². The van der Waals surface area contributed by atoms with Crippen molar-refractivity contribution in [2.45, 2.75) is 56.3 Å². The van der Waals surface area contributed by atoms with Gasteiger partial charge < -0.3 is 9.30 Å². The molecule has 1 aliphatic rings. The van der Waals surface area contributed by atoms with E-state index in [-0.39, 0.29) is 29.7 Å². The molecule has 1 aliphatic carbocycles. The minimum absolute atomic E-state index is 0.0223. The van der Waals surface area contributed by atoms with Crippen LogP contribution in [0.25, 0.3) is 22.3 Å². The molecule has 0 radical (unpaired) electrons. The number of halogens is 4. The monoisotopic (exact) mass is 510 g/mol. The fraction of sp³-hybridized carbons (Fsp3) is 0.391. The minimum atomic E-state index is -4.75. The number of benzene rings is 1. The lowest BCUT2D eigenvalue weighted by Crippen LogP contribution is -2.42. The first-order valence-electron chi connectivity index (χ1n) is 10.9. The molecular weight excluding hydrogens is 488 g/mol. The van der Waals surface area contributed by atoms with Crippen molar-refractivity contribution in [3.05, 3.63) is 41.8 Å². The van der Waals surface area contributed by atoms with Gasteiger partial charge in [0.05, 0.1) is 29.1 Å². The molecule has 2 heterocycles. The molecule has 1 aromatic carbocycles. The molecule has 2 aromatic heterocycles. The molecule has 1 atom stereocenters. The van der Waals surface area contributed by atoms with Gasteiger partial charge in [-0.2, -0.15) is 23.2 Å². The topological polar surface area (TPSA) is 97.0 Å².